The molecule has 536 valence electrons. The number of hydrogen-bond acceptors (Lipinski definition) is 18. The summed E-state index contributed by atoms with van der Waals surface area (Å²) in [5.41, 5.74) is 23.3. The van der Waals surface area contributed by atoms with Gasteiger partial charge in [0.05, 0.1) is 86.0 Å². The average Bonchev–Trinajstić information content (AvgIpc) is 1.53. The van der Waals surface area contributed by atoms with E-state index in [4.69, 9.17) is 40.6 Å². The predicted octanol–water partition coefficient (Wildman–Crippen LogP) is 12.2. The highest BCUT2D eigenvalue weighted by Gasteiger charge is 2.28. The molecule has 8 aromatic carbocycles. The SMILES string of the molecule is CCNC(=O)c1ccc(Nc2ccc(CC(=O)OCC)cc2)c(N)c1.CCNC(=O)c1ccc2c(c1)NC(=O)CC(=O)N2c1ccc(CC(=O)OCC)cc1.CCOC(=O)Cc1ccc(N)cc1.CCOC(=O)Cc1ccc(Nc2ccc(C(=O)O)cc2C)cc1.Cc1cc(C(=O)O)ccc1F. The summed E-state index contributed by atoms with van der Waals surface area (Å²) < 4.78 is 32.2. The number of benzene rings is 8. The maximum Gasteiger partial charge on any atom is 0.335 e. The van der Waals surface area contributed by atoms with Gasteiger partial charge in [0.25, 0.3) is 11.8 Å². The van der Waals surface area contributed by atoms with E-state index in [-0.39, 0.29) is 78.3 Å². The highest BCUT2D eigenvalue weighted by molar-refractivity contribution is 6.18. The van der Waals surface area contributed by atoms with Crippen LogP contribution in [0.5, 0.6) is 0 Å². The number of nitrogen functional groups attached to an aromatic ring is 2. The van der Waals surface area contributed by atoms with E-state index in [1.807, 2.05) is 81.4 Å². The molecule has 1 aliphatic rings. The van der Waals surface area contributed by atoms with E-state index in [2.05, 4.69) is 26.6 Å². The van der Waals surface area contributed by atoms with Crippen LogP contribution in [-0.4, -0.2) is 109 Å². The number of esters is 4. The van der Waals surface area contributed by atoms with Crippen molar-refractivity contribution in [3.8, 4) is 0 Å². The van der Waals surface area contributed by atoms with Gasteiger partial charge >= 0.3 is 35.8 Å². The number of nitrogens with zero attached hydrogens (tertiary/aromatic N) is 1. The fraction of sp³-hybridized carbons (Fsp3) is 0.247. The third-order valence-electron chi connectivity index (χ3n) is 14.5. The number of carbonyl (C=O) groups is 10. The molecule has 25 heteroatoms. The molecule has 0 saturated carbocycles. The summed E-state index contributed by atoms with van der Waals surface area (Å²) in [6, 6.07) is 47.6. The van der Waals surface area contributed by atoms with Gasteiger partial charge in [0, 0.05) is 52.7 Å². The van der Waals surface area contributed by atoms with Crippen molar-refractivity contribution in [2.75, 3.05) is 71.8 Å². The third-order valence-corrected chi connectivity index (χ3v) is 14.5. The number of ether oxygens (including phenoxy) is 4. The number of aromatic carboxylic acids is 2. The molecule has 8 aromatic rings. The Bertz CT molecular complexity index is 4210. The molecule has 0 bridgehead atoms. The Hall–Kier alpha value is -12.4. The number of halogens is 1. The molecule has 0 atom stereocenters. The highest BCUT2D eigenvalue weighted by atomic mass is 19.1. The van der Waals surface area contributed by atoms with Crippen LogP contribution in [0, 0.1) is 19.7 Å². The van der Waals surface area contributed by atoms with Crippen molar-refractivity contribution in [3.05, 3.63) is 231 Å². The molecule has 1 heterocycles. The Labute approximate surface area is 590 Å². The van der Waals surface area contributed by atoms with Crippen LogP contribution in [-0.2, 0) is 73.4 Å². The van der Waals surface area contributed by atoms with Gasteiger partial charge in [-0.2, -0.15) is 0 Å². The molecule has 0 spiro atoms. The van der Waals surface area contributed by atoms with Gasteiger partial charge in [-0.1, -0.05) is 48.5 Å². The monoisotopic (exact) mass is 1400 g/mol. The van der Waals surface area contributed by atoms with Crippen LogP contribution in [0.15, 0.2) is 170 Å². The fourth-order valence-electron chi connectivity index (χ4n) is 9.49. The Morgan fingerprint density at radius 2 is 0.853 bits per heavy atom. The van der Waals surface area contributed by atoms with Crippen LogP contribution in [0.4, 0.5) is 55.6 Å². The molecular weight excluding hydrogens is 1310 g/mol. The summed E-state index contributed by atoms with van der Waals surface area (Å²) in [6.07, 6.45) is 0.621. The van der Waals surface area contributed by atoms with Gasteiger partial charge in [0.15, 0.2) is 0 Å². The third kappa shape index (κ3) is 26.4. The van der Waals surface area contributed by atoms with Crippen molar-refractivity contribution >= 4 is 111 Å². The lowest BCUT2D eigenvalue weighted by Gasteiger charge is -2.23. The smallest absolute Gasteiger partial charge is 0.335 e. The van der Waals surface area contributed by atoms with Crippen molar-refractivity contribution in [2.24, 2.45) is 0 Å². The van der Waals surface area contributed by atoms with Gasteiger partial charge in [-0.15, -0.1) is 0 Å². The number of carboxylic acid groups (broad SMARTS) is 2. The molecule has 24 nitrogen and oxygen atoms in total. The number of carboxylic acids is 2. The van der Waals surface area contributed by atoms with E-state index < -0.39 is 23.8 Å². The maximum atomic E-state index is 12.8. The van der Waals surface area contributed by atoms with E-state index in [9.17, 15) is 52.3 Å². The average molecular weight is 1400 g/mol. The Balaban J connectivity index is 0.000000239. The lowest BCUT2D eigenvalue weighted by molar-refractivity contribution is -0.143. The summed E-state index contributed by atoms with van der Waals surface area (Å²) in [5, 5.41) is 32.0. The number of nitrogens with two attached hydrogens (primary N) is 2. The Kier molecular flexibility index (Phi) is 32.3. The maximum absolute atomic E-state index is 12.8. The molecule has 0 saturated heterocycles. The van der Waals surface area contributed by atoms with E-state index >= 15 is 0 Å². The predicted molar refractivity (Wildman–Crippen MR) is 388 cm³/mol. The number of rotatable bonds is 23. The molecule has 0 fully saturated rings. The van der Waals surface area contributed by atoms with Crippen LogP contribution >= 0.6 is 0 Å². The van der Waals surface area contributed by atoms with Crippen LogP contribution < -0.4 is 43.0 Å². The Morgan fingerprint density at radius 3 is 1.26 bits per heavy atom. The van der Waals surface area contributed by atoms with Gasteiger partial charge in [-0.05, 0) is 210 Å². The first-order valence-corrected chi connectivity index (χ1v) is 32.6. The molecule has 0 aliphatic carbocycles. The first kappa shape index (κ1) is 80.3. The summed E-state index contributed by atoms with van der Waals surface area (Å²) >= 11 is 0. The molecule has 1 aliphatic heterocycles. The lowest BCUT2D eigenvalue weighted by atomic mass is 10.1. The van der Waals surface area contributed by atoms with Crippen molar-refractivity contribution in [2.45, 2.75) is 87.5 Å². The molecule has 0 unspecified atom stereocenters. The normalized spacial score (nSPS) is 10.9. The van der Waals surface area contributed by atoms with E-state index in [0.29, 0.717) is 96.8 Å². The van der Waals surface area contributed by atoms with Gasteiger partial charge in [0.2, 0.25) is 11.8 Å². The van der Waals surface area contributed by atoms with E-state index in [1.54, 1.807) is 119 Å². The first-order chi connectivity index (χ1) is 48.8. The second-order valence-electron chi connectivity index (χ2n) is 22.3. The Morgan fingerprint density at radius 1 is 0.471 bits per heavy atom. The van der Waals surface area contributed by atoms with E-state index in [1.165, 1.54) is 24.0 Å². The van der Waals surface area contributed by atoms with Gasteiger partial charge in [-0.3, -0.25) is 43.3 Å². The van der Waals surface area contributed by atoms with Crippen LogP contribution in [0.3, 0.4) is 0 Å². The topological polar surface area (TPSA) is 364 Å². The fourth-order valence-corrected chi connectivity index (χ4v) is 9.49. The number of nitrogens with one attached hydrogen (secondary N) is 5. The minimum Gasteiger partial charge on any atom is -0.478 e. The zero-order valence-corrected chi connectivity index (χ0v) is 58.0. The summed E-state index contributed by atoms with van der Waals surface area (Å²) in [5.74, 6) is -4.62. The standard InChI is InChI=1S/C22H23N3O5.C19H23N3O3.C18H19NO4.C10H13NO2.C8H7FO2/c1-3-23-22(29)15-7-10-18-17(12-15)24-19(26)13-20(27)25(18)16-8-5-14(6-9-16)11-21(28)30-4-2;1-3-21-19(24)14-7-10-17(16(20)12-14)22-15-8-5-13(6-9-15)11-18(23)25-4-2;1-3-23-17(20)11-13-4-7-15(8-5-13)19-16-9-6-14(18(21)22)10-12(16)2;1-2-13-10(12)7-8-3-5-9(11)6-4-8;1-5-4-6(8(10)11)2-3-7(5)9/h5-10,12H,3-4,11,13H2,1-2H3,(H,23,29)(H,24,26);5-10,12,22H,3-4,11,20H2,1-2H3,(H,21,24);4-10,19H,3,11H2,1-2H3,(H,21,22);3-6H,2,7,11H2,1H3;2-4H,1H3,(H,10,11). The number of hydrogen-bond donors (Lipinski definition) is 9. The minimum atomic E-state index is -1.03. The molecule has 0 aromatic heterocycles. The zero-order valence-electron chi connectivity index (χ0n) is 58.0. The molecular formula is C77H85FN8O16. The minimum absolute atomic E-state index is 0.115. The largest absolute Gasteiger partial charge is 0.478 e. The second-order valence-corrected chi connectivity index (χ2v) is 22.3. The number of aryl methyl sites for hydroxylation is 2. The highest BCUT2D eigenvalue weighted by Crippen LogP contribution is 2.36. The van der Waals surface area contributed by atoms with Gasteiger partial charge in [-0.25, -0.2) is 14.0 Å². The van der Waals surface area contributed by atoms with Crippen LogP contribution in [0.25, 0.3) is 0 Å². The quantitative estimate of drug-likeness (QED) is 0.0124. The summed E-state index contributed by atoms with van der Waals surface area (Å²) in [4.78, 5) is 117. The molecule has 4 amide bonds. The number of carbonyl (C=O) groups excluding carboxylic acids is 8. The molecule has 0 radical (unpaired) electrons. The van der Waals surface area contributed by atoms with Gasteiger partial charge < -0.3 is 67.2 Å². The molecule has 102 heavy (non-hydrogen) atoms. The van der Waals surface area contributed by atoms with Crippen LogP contribution in [0.2, 0.25) is 0 Å². The van der Waals surface area contributed by atoms with E-state index in [0.717, 1.165) is 50.9 Å². The number of fused-ring (bicyclic) bond motifs is 1. The number of amides is 4. The lowest BCUT2D eigenvalue weighted by Crippen LogP contribution is -2.26. The molecule has 11 N–H and O–H groups in total. The van der Waals surface area contributed by atoms with Crippen molar-refractivity contribution < 1.29 is 81.5 Å². The number of anilines is 9. The first-order valence-electron chi connectivity index (χ1n) is 32.6. The molecule has 9 rings (SSSR count). The van der Waals surface area contributed by atoms with Crippen molar-refractivity contribution in [1.29, 1.82) is 0 Å². The second kappa shape index (κ2) is 41.1. The van der Waals surface area contributed by atoms with Crippen molar-refractivity contribution in [1.82, 2.24) is 10.6 Å². The zero-order chi connectivity index (χ0) is 74.8. The van der Waals surface area contributed by atoms with Crippen LogP contribution in [0.1, 0.15) is 123 Å². The van der Waals surface area contributed by atoms with Gasteiger partial charge in [0.1, 0.15) is 12.2 Å². The van der Waals surface area contributed by atoms with Crippen molar-refractivity contribution in [3.63, 3.8) is 0 Å². The summed E-state index contributed by atoms with van der Waals surface area (Å²) in [7, 11) is 0. The summed E-state index contributed by atoms with van der Waals surface area (Å²) in [6.45, 7) is 16.7.